The van der Waals surface area contributed by atoms with Crippen molar-refractivity contribution in [1.82, 2.24) is 0 Å². The number of hydrogen-bond acceptors (Lipinski definition) is 0. The number of aryl methyl sites for hydroxylation is 3. The highest BCUT2D eigenvalue weighted by Crippen LogP contribution is 2.12. The van der Waals surface area contributed by atoms with E-state index in [1.165, 1.54) is 35.1 Å². The van der Waals surface area contributed by atoms with E-state index in [0.717, 1.165) is 12.8 Å². The SMILES string of the molecule is C=Cc1cccc(CCc2ccc(CCC)cc2)c1. The second-order valence-corrected chi connectivity index (χ2v) is 5.02. The van der Waals surface area contributed by atoms with Gasteiger partial charge in [-0.05, 0) is 41.5 Å². The fraction of sp³-hybridized carbons (Fsp3) is 0.263. The lowest BCUT2D eigenvalue weighted by Gasteiger charge is -2.05. The van der Waals surface area contributed by atoms with Crippen LogP contribution in [0, 0.1) is 0 Å². The average Bonchev–Trinajstić information content (AvgIpc) is 2.47. The molecular weight excluding hydrogens is 228 g/mol. The molecule has 0 aliphatic heterocycles. The highest BCUT2D eigenvalue weighted by atomic mass is 14.0. The Morgan fingerprint density at radius 1 is 0.842 bits per heavy atom. The van der Waals surface area contributed by atoms with Crippen molar-refractivity contribution in [2.24, 2.45) is 0 Å². The van der Waals surface area contributed by atoms with Gasteiger partial charge in [0.1, 0.15) is 0 Å². The van der Waals surface area contributed by atoms with Gasteiger partial charge in [-0.3, -0.25) is 0 Å². The molecule has 0 bridgehead atoms. The van der Waals surface area contributed by atoms with Gasteiger partial charge in [0.05, 0.1) is 0 Å². The Hall–Kier alpha value is -1.82. The molecule has 0 heteroatoms. The van der Waals surface area contributed by atoms with Crippen LogP contribution in [0.25, 0.3) is 6.08 Å². The summed E-state index contributed by atoms with van der Waals surface area (Å²) in [6.45, 7) is 6.04. The van der Waals surface area contributed by atoms with Gasteiger partial charge in [-0.1, -0.05) is 74.5 Å². The molecule has 0 unspecified atom stereocenters. The van der Waals surface area contributed by atoms with E-state index < -0.39 is 0 Å². The van der Waals surface area contributed by atoms with E-state index in [2.05, 4.69) is 62.0 Å². The Kier molecular flexibility index (Phi) is 4.97. The van der Waals surface area contributed by atoms with E-state index in [4.69, 9.17) is 0 Å². The second kappa shape index (κ2) is 6.94. The zero-order valence-corrected chi connectivity index (χ0v) is 11.7. The van der Waals surface area contributed by atoms with E-state index in [0.29, 0.717) is 0 Å². The minimum atomic E-state index is 1.09. The van der Waals surface area contributed by atoms with E-state index in [9.17, 15) is 0 Å². The molecule has 0 fully saturated rings. The van der Waals surface area contributed by atoms with E-state index in [1.54, 1.807) is 0 Å². The highest BCUT2D eigenvalue weighted by Gasteiger charge is 1.97. The second-order valence-electron chi connectivity index (χ2n) is 5.02. The van der Waals surface area contributed by atoms with Gasteiger partial charge in [-0.15, -0.1) is 0 Å². The van der Waals surface area contributed by atoms with Crippen LogP contribution in [0.5, 0.6) is 0 Å². The molecule has 0 aromatic heterocycles. The first-order chi connectivity index (χ1) is 9.31. The van der Waals surface area contributed by atoms with Crippen LogP contribution in [0.2, 0.25) is 0 Å². The summed E-state index contributed by atoms with van der Waals surface area (Å²) in [4.78, 5) is 0. The van der Waals surface area contributed by atoms with Crippen molar-refractivity contribution in [3.05, 3.63) is 77.4 Å². The van der Waals surface area contributed by atoms with Crippen LogP contribution < -0.4 is 0 Å². The molecule has 0 heterocycles. The van der Waals surface area contributed by atoms with Crippen molar-refractivity contribution in [2.45, 2.75) is 32.6 Å². The number of rotatable bonds is 6. The van der Waals surface area contributed by atoms with Gasteiger partial charge < -0.3 is 0 Å². The minimum Gasteiger partial charge on any atom is -0.0985 e. The first-order valence-corrected chi connectivity index (χ1v) is 7.11. The Morgan fingerprint density at radius 3 is 2.11 bits per heavy atom. The molecule has 2 aromatic carbocycles. The van der Waals surface area contributed by atoms with E-state index >= 15 is 0 Å². The molecule has 0 aliphatic rings. The highest BCUT2D eigenvalue weighted by molar-refractivity contribution is 5.48. The number of hydrogen-bond donors (Lipinski definition) is 0. The van der Waals surface area contributed by atoms with Gasteiger partial charge >= 0.3 is 0 Å². The van der Waals surface area contributed by atoms with Crippen LogP contribution in [-0.4, -0.2) is 0 Å². The summed E-state index contributed by atoms with van der Waals surface area (Å²) in [5.74, 6) is 0. The van der Waals surface area contributed by atoms with Crippen LogP contribution in [0.1, 0.15) is 35.6 Å². The molecule has 0 saturated heterocycles. The minimum absolute atomic E-state index is 1.09. The summed E-state index contributed by atoms with van der Waals surface area (Å²) < 4.78 is 0. The van der Waals surface area contributed by atoms with Crippen LogP contribution in [0.15, 0.2) is 55.1 Å². The quantitative estimate of drug-likeness (QED) is 0.671. The Labute approximate surface area is 116 Å². The van der Waals surface area contributed by atoms with Crippen LogP contribution in [-0.2, 0) is 19.3 Å². The molecule has 0 N–H and O–H groups in total. The lowest BCUT2D eigenvalue weighted by Crippen LogP contribution is -1.92. The molecule has 0 saturated carbocycles. The summed E-state index contributed by atoms with van der Waals surface area (Å²) in [6, 6.07) is 17.7. The van der Waals surface area contributed by atoms with Gasteiger partial charge in [0.2, 0.25) is 0 Å². The van der Waals surface area contributed by atoms with Crippen LogP contribution in [0.3, 0.4) is 0 Å². The standard InChI is InChI=1S/C19H22/c1-3-6-17-9-11-18(12-10-17)13-14-19-8-5-7-16(4-2)15-19/h4-5,7-12,15H,2-3,6,13-14H2,1H3. The predicted octanol–water partition coefficient (Wildman–Crippen LogP) is 5.07. The van der Waals surface area contributed by atoms with E-state index in [-0.39, 0.29) is 0 Å². The summed E-state index contributed by atoms with van der Waals surface area (Å²) in [5, 5.41) is 0. The lowest BCUT2D eigenvalue weighted by atomic mass is 10.0. The maximum Gasteiger partial charge on any atom is -0.0238 e. The first-order valence-electron chi connectivity index (χ1n) is 7.11. The Balaban J connectivity index is 1.95. The number of benzene rings is 2. The topological polar surface area (TPSA) is 0 Å². The van der Waals surface area contributed by atoms with Gasteiger partial charge in [0, 0.05) is 0 Å². The Bertz CT molecular complexity index is 520. The summed E-state index contributed by atoms with van der Waals surface area (Å²) >= 11 is 0. The molecule has 0 aliphatic carbocycles. The molecule has 2 aromatic rings. The maximum atomic E-state index is 3.82. The first kappa shape index (κ1) is 13.6. The third kappa shape index (κ3) is 4.10. The van der Waals surface area contributed by atoms with E-state index in [1.807, 2.05) is 6.08 Å². The summed E-state index contributed by atoms with van der Waals surface area (Å²) in [7, 11) is 0. The van der Waals surface area contributed by atoms with Crippen molar-refractivity contribution in [3.63, 3.8) is 0 Å². The average molecular weight is 250 g/mol. The van der Waals surface area contributed by atoms with Crippen molar-refractivity contribution >= 4 is 6.08 Å². The molecule has 0 spiro atoms. The van der Waals surface area contributed by atoms with Crippen LogP contribution in [0.4, 0.5) is 0 Å². The fourth-order valence-electron chi connectivity index (χ4n) is 2.33. The monoisotopic (exact) mass is 250 g/mol. The smallest absolute Gasteiger partial charge is 0.0238 e. The van der Waals surface area contributed by atoms with Gasteiger partial charge in [0.25, 0.3) is 0 Å². The van der Waals surface area contributed by atoms with Crippen LogP contribution >= 0.6 is 0 Å². The molecule has 0 atom stereocenters. The lowest BCUT2D eigenvalue weighted by molar-refractivity contribution is 0.914. The van der Waals surface area contributed by atoms with Crippen molar-refractivity contribution in [1.29, 1.82) is 0 Å². The maximum absolute atomic E-state index is 3.82. The van der Waals surface area contributed by atoms with Gasteiger partial charge in [-0.2, -0.15) is 0 Å². The Morgan fingerprint density at radius 2 is 1.47 bits per heavy atom. The van der Waals surface area contributed by atoms with Gasteiger partial charge in [0.15, 0.2) is 0 Å². The third-order valence-corrected chi connectivity index (χ3v) is 3.45. The third-order valence-electron chi connectivity index (χ3n) is 3.45. The molecule has 0 radical (unpaired) electrons. The van der Waals surface area contributed by atoms with Crippen molar-refractivity contribution < 1.29 is 0 Å². The van der Waals surface area contributed by atoms with Crippen molar-refractivity contribution in [3.8, 4) is 0 Å². The summed E-state index contributed by atoms with van der Waals surface area (Å²) in [6.07, 6.45) is 6.50. The normalized spacial score (nSPS) is 10.4. The zero-order chi connectivity index (χ0) is 13.5. The molecular formula is C19H22. The molecule has 19 heavy (non-hydrogen) atoms. The summed E-state index contributed by atoms with van der Waals surface area (Å²) in [5.41, 5.74) is 5.45. The molecule has 0 nitrogen and oxygen atoms in total. The molecule has 98 valence electrons. The zero-order valence-electron chi connectivity index (χ0n) is 11.7. The molecule has 0 amide bonds. The van der Waals surface area contributed by atoms with Gasteiger partial charge in [-0.25, -0.2) is 0 Å². The fourth-order valence-corrected chi connectivity index (χ4v) is 2.33. The largest absolute Gasteiger partial charge is 0.0985 e. The predicted molar refractivity (Wildman–Crippen MR) is 84.4 cm³/mol. The van der Waals surface area contributed by atoms with Crippen molar-refractivity contribution in [2.75, 3.05) is 0 Å². The molecule has 2 rings (SSSR count).